The van der Waals surface area contributed by atoms with E-state index in [4.69, 9.17) is 0 Å². The van der Waals surface area contributed by atoms with Gasteiger partial charge in [-0.2, -0.15) is 0 Å². The molecule has 2 aromatic heterocycles. The molecule has 6 heteroatoms. The summed E-state index contributed by atoms with van der Waals surface area (Å²) in [5.41, 5.74) is 1.66. The molecule has 5 nitrogen and oxygen atoms in total. The lowest BCUT2D eigenvalue weighted by atomic mass is 10.2. The predicted molar refractivity (Wildman–Crippen MR) is 74.8 cm³/mol. The normalized spacial score (nSPS) is 14.8. The van der Waals surface area contributed by atoms with Gasteiger partial charge in [0.2, 0.25) is 0 Å². The molecule has 0 fully saturated rings. The summed E-state index contributed by atoms with van der Waals surface area (Å²) in [7, 11) is 0. The number of rotatable bonds is 6. The molecule has 0 spiro atoms. The van der Waals surface area contributed by atoms with Crippen LogP contribution >= 0.6 is 11.8 Å². The van der Waals surface area contributed by atoms with Crippen LogP contribution in [-0.2, 0) is 0 Å². The topological polar surface area (TPSA) is 66.5 Å². The zero-order valence-corrected chi connectivity index (χ0v) is 11.8. The molecule has 2 heterocycles. The van der Waals surface area contributed by atoms with Crippen molar-refractivity contribution in [2.45, 2.75) is 43.5 Å². The zero-order chi connectivity index (χ0) is 13.0. The molecule has 18 heavy (non-hydrogen) atoms. The summed E-state index contributed by atoms with van der Waals surface area (Å²) < 4.78 is 0. The van der Waals surface area contributed by atoms with Crippen molar-refractivity contribution in [3.8, 4) is 0 Å². The third-order valence-corrected chi connectivity index (χ3v) is 4.22. The molecule has 0 aromatic carbocycles. The number of hydrogen-bond donors (Lipinski definition) is 2. The van der Waals surface area contributed by atoms with Crippen LogP contribution in [0.3, 0.4) is 0 Å². The highest BCUT2D eigenvalue weighted by molar-refractivity contribution is 8.00. The number of imidazole rings is 1. The van der Waals surface area contributed by atoms with Crippen LogP contribution in [0.25, 0.3) is 11.2 Å². The number of thioether (sulfide) groups is 1. The molecular weight excluding hydrogens is 246 g/mol. The van der Waals surface area contributed by atoms with Gasteiger partial charge in [-0.3, -0.25) is 0 Å². The Morgan fingerprint density at radius 3 is 2.94 bits per heavy atom. The average molecular weight is 265 g/mol. The SMILES string of the molecule is CCCNC(C)C(C)Sc1ncnc2nc[nH]c12. The fraction of sp³-hybridized carbons (Fsp3) is 0.583. The van der Waals surface area contributed by atoms with E-state index in [1.54, 1.807) is 24.4 Å². The van der Waals surface area contributed by atoms with E-state index < -0.39 is 0 Å². The minimum absolute atomic E-state index is 0.443. The second-order valence-electron chi connectivity index (χ2n) is 4.35. The number of H-pyrrole nitrogens is 1. The van der Waals surface area contributed by atoms with E-state index in [9.17, 15) is 0 Å². The lowest BCUT2D eigenvalue weighted by Gasteiger charge is -2.20. The van der Waals surface area contributed by atoms with Gasteiger partial charge in [-0.1, -0.05) is 25.6 Å². The molecule has 2 atom stereocenters. The van der Waals surface area contributed by atoms with Gasteiger partial charge in [0.25, 0.3) is 0 Å². The van der Waals surface area contributed by atoms with Crippen LogP contribution in [-0.4, -0.2) is 37.8 Å². The van der Waals surface area contributed by atoms with Gasteiger partial charge in [0.1, 0.15) is 16.9 Å². The fourth-order valence-electron chi connectivity index (χ4n) is 1.65. The molecule has 0 saturated heterocycles. The van der Waals surface area contributed by atoms with Crippen molar-refractivity contribution < 1.29 is 0 Å². The van der Waals surface area contributed by atoms with E-state index in [-0.39, 0.29) is 0 Å². The number of aromatic amines is 1. The van der Waals surface area contributed by atoms with Crippen LogP contribution in [0.2, 0.25) is 0 Å². The van der Waals surface area contributed by atoms with E-state index in [0.29, 0.717) is 11.3 Å². The zero-order valence-electron chi connectivity index (χ0n) is 11.0. The monoisotopic (exact) mass is 265 g/mol. The van der Waals surface area contributed by atoms with Crippen molar-refractivity contribution in [3.63, 3.8) is 0 Å². The van der Waals surface area contributed by atoms with Crippen molar-refractivity contribution in [1.29, 1.82) is 0 Å². The second-order valence-corrected chi connectivity index (χ2v) is 5.71. The van der Waals surface area contributed by atoms with Crippen molar-refractivity contribution >= 4 is 22.9 Å². The highest BCUT2D eigenvalue weighted by Crippen LogP contribution is 2.27. The lowest BCUT2D eigenvalue weighted by molar-refractivity contribution is 0.542. The molecule has 0 bridgehead atoms. The van der Waals surface area contributed by atoms with Gasteiger partial charge in [0.15, 0.2) is 5.65 Å². The molecule has 2 N–H and O–H groups in total. The highest BCUT2D eigenvalue weighted by atomic mass is 32.2. The van der Waals surface area contributed by atoms with E-state index in [2.05, 4.69) is 46.0 Å². The molecule has 0 radical (unpaired) electrons. The predicted octanol–water partition coefficient (Wildman–Crippen LogP) is 2.22. The van der Waals surface area contributed by atoms with Gasteiger partial charge in [-0.05, 0) is 19.9 Å². The summed E-state index contributed by atoms with van der Waals surface area (Å²) in [6.45, 7) is 7.65. The van der Waals surface area contributed by atoms with E-state index in [0.717, 1.165) is 29.2 Å². The Bertz CT molecular complexity index is 498. The van der Waals surface area contributed by atoms with Crippen LogP contribution in [0.15, 0.2) is 17.7 Å². The third-order valence-electron chi connectivity index (χ3n) is 2.91. The molecule has 0 aliphatic rings. The summed E-state index contributed by atoms with van der Waals surface area (Å²) in [4.78, 5) is 15.7. The Labute approximate surface area is 111 Å². The number of nitrogens with zero attached hydrogens (tertiary/aromatic N) is 3. The summed E-state index contributed by atoms with van der Waals surface area (Å²) >= 11 is 1.75. The molecule has 0 aliphatic carbocycles. The van der Waals surface area contributed by atoms with Crippen LogP contribution in [0.1, 0.15) is 27.2 Å². The summed E-state index contributed by atoms with van der Waals surface area (Å²) in [6.07, 6.45) is 4.38. The van der Waals surface area contributed by atoms with Crippen LogP contribution < -0.4 is 5.32 Å². The standard InChI is InChI=1S/C12H19N5S/c1-4-5-13-8(2)9(3)18-12-10-11(15-6-14-10)16-7-17-12/h6-9,13H,4-5H2,1-3H3,(H,14,15,16,17). The first-order valence-electron chi connectivity index (χ1n) is 6.26. The van der Waals surface area contributed by atoms with Gasteiger partial charge in [0, 0.05) is 11.3 Å². The maximum Gasteiger partial charge on any atom is 0.181 e. The smallest absolute Gasteiger partial charge is 0.181 e. The molecule has 98 valence electrons. The van der Waals surface area contributed by atoms with Crippen LogP contribution in [0.5, 0.6) is 0 Å². The summed E-state index contributed by atoms with van der Waals surface area (Å²) in [5, 5.41) is 4.91. The molecule has 0 aliphatic heterocycles. The first kappa shape index (κ1) is 13.3. The minimum Gasteiger partial charge on any atom is -0.341 e. The summed E-state index contributed by atoms with van der Waals surface area (Å²) in [6, 6.07) is 0.447. The number of fused-ring (bicyclic) bond motifs is 1. The highest BCUT2D eigenvalue weighted by Gasteiger charge is 2.16. The van der Waals surface area contributed by atoms with Gasteiger partial charge in [0.05, 0.1) is 6.33 Å². The maximum absolute atomic E-state index is 4.33. The third kappa shape index (κ3) is 3.00. The van der Waals surface area contributed by atoms with Crippen molar-refractivity contribution in [2.75, 3.05) is 6.54 Å². The fourth-order valence-corrected chi connectivity index (χ4v) is 2.68. The Kier molecular flexibility index (Phi) is 4.54. The van der Waals surface area contributed by atoms with E-state index in [1.807, 2.05) is 0 Å². The van der Waals surface area contributed by atoms with E-state index in [1.165, 1.54) is 0 Å². The van der Waals surface area contributed by atoms with Gasteiger partial charge < -0.3 is 10.3 Å². The van der Waals surface area contributed by atoms with Crippen molar-refractivity contribution in [1.82, 2.24) is 25.3 Å². The lowest BCUT2D eigenvalue weighted by Crippen LogP contribution is -2.34. The number of hydrogen-bond acceptors (Lipinski definition) is 5. The van der Waals surface area contributed by atoms with Crippen molar-refractivity contribution in [2.24, 2.45) is 0 Å². The van der Waals surface area contributed by atoms with Crippen LogP contribution in [0.4, 0.5) is 0 Å². The molecular formula is C12H19N5S. The van der Waals surface area contributed by atoms with E-state index >= 15 is 0 Å². The van der Waals surface area contributed by atoms with Gasteiger partial charge in [-0.15, -0.1) is 0 Å². The van der Waals surface area contributed by atoms with Gasteiger partial charge in [-0.25, -0.2) is 15.0 Å². The molecule has 2 aromatic rings. The molecule has 2 rings (SSSR count). The molecule has 0 amide bonds. The summed E-state index contributed by atoms with van der Waals surface area (Å²) in [5.74, 6) is 0. The van der Waals surface area contributed by atoms with Crippen molar-refractivity contribution in [3.05, 3.63) is 12.7 Å². The first-order chi connectivity index (χ1) is 8.72. The maximum atomic E-state index is 4.33. The second kappa shape index (κ2) is 6.15. The molecule has 0 saturated carbocycles. The largest absolute Gasteiger partial charge is 0.341 e. The Hall–Kier alpha value is -1.14. The molecule has 2 unspecified atom stereocenters. The Morgan fingerprint density at radius 2 is 2.17 bits per heavy atom. The first-order valence-corrected chi connectivity index (χ1v) is 7.14. The minimum atomic E-state index is 0.443. The Balaban J connectivity index is 2.06. The quantitative estimate of drug-likeness (QED) is 0.619. The van der Waals surface area contributed by atoms with Gasteiger partial charge >= 0.3 is 0 Å². The number of nitrogens with one attached hydrogen (secondary N) is 2. The van der Waals surface area contributed by atoms with Crippen LogP contribution in [0, 0.1) is 0 Å². The Morgan fingerprint density at radius 1 is 1.33 bits per heavy atom. The average Bonchev–Trinajstić information content (AvgIpc) is 2.85. The number of aromatic nitrogens is 4.